The Morgan fingerprint density at radius 3 is 1.88 bits per heavy atom. The van der Waals surface area contributed by atoms with E-state index in [-0.39, 0.29) is 0 Å². The summed E-state index contributed by atoms with van der Waals surface area (Å²) in [6.07, 6.45) is 2.00. The largest absolute Gasteiger partial charge is 0.389 e. The average Bonchev–Trinajstić information content (AvgIpc) is 1.62. The number of hydrogen-bond acceptors (Lipinski definition) is 2. The van der Waals surface area contributed by atoms with Crippen molar-refractivity contribution in [3.63, 3.8) is 0 Å². The predicted molar refractivity (Wildman–Crippen MR) is 39.3 cm³/mol. The second-order valence-corrected chi connectivity index (χ2v) is 3.71. The van der Waals surface area contributed by atoms with Crippen LogP contribution in [-0.4, -0.2) is 22.2 Å². The molecule has 0 aliphatic heterocycles. The summed E-state index contributed by atoms with van der Waals surface area (Å²) in [6.45, 7) is 5.67. The zero-order valence-electron chi connectivity index (χ0n) is 5.93. The van der Waals surface area contributed by atoms with Crippen LogP contribution in [0.2, 0.25) is 0 Å². The summed E-state index contributed by atoms with van der Waals surface area (Å²) < 4.78 is 0. The summed E-state index contributed by atoms with van der Waals surface area (Å²) in [7, 11) is 0. The van der Waals surface area contributed by atoms with Gasteiger partial charge in [-0.05, 0) is 20.1 Å². The number of hydrogen-bond donors (Lipinski definition) is 1. The summed E-state index contributed by atoms with van der Waals surface area (Å²) >= 11 is 1.68. The first-order valence-electron chi connectivity index (χ1n) is 2.73. The first kappa shape index (κ1) is 8.31. The molecule has 0 aliphatic rings. The highest BCUT2D eigenvalue weighted by Gasteiger charge is 2.20. The Kier molecular flexibility index (Phi) is 2.84. The standard InChI is InChI=1S/C6H14OS/c1-5(8-4)6(2,3)7/h5,7H,1-4H3. The fraction of sp³-hybridized carbons (Fsp3) is 1.00. The van der Waals surface area contributed by atoms with Crippen molar-refractivity contribution in [1.29, 1.82) is 0 Å². The minimum atomic E-state index is -0.528. The van der Waals surface area contributed by atoms with Gasteiger partial charge in [-0.15, -0.1) is 0 Å². The maximum absolute atomic E-state index is 9.27. The predicted octanol–water partition coefficient (Wildman–Crippen LogP) is 1.51. The lowest BCUT2D eigenvalue weighted by Gasteiger charge is -2.23. The molecule has 8 heavy (non-hydrogen) atoms. The molecule has 1 nitrogen and oxygen atoms in total. The maximum atomic E-state index is 9.27. The van der Waals surface area contributed by atoms with Crippen molar-refractivity contribution >= 4 is 11.8 Å². The van der Waals surface area contributed by atoms with Crippen LogP contribution in [0.25, 0.3) is 0 Å². The lowest BCUT2D eigenvalue weighted by Crippen LogP contribution is -2.30. The van der Waals surface area contributed by atoms with Gasteiger partial charge in [0.25, 0.3) is 0 Å². The van der Waals surface area contributed by atoms with Crippen molar-refractivity contribution < 1.29 is 5.11 Å². The van der Waals surface area contributed by atoms with Crippen molar-refractivity contribution in [1.82, 2.24) is 0 Å². The summed E-state index contributed by atoms with van der Waals surface area (Å²) in [4.78, 5) is 0. The van der Waals surface area contributed by atoms with Crippen molar-refractivity contribution in [2.24, 2.45) is 0 Å². The molecular formula is C6H14OS. The molecule has 0 rings (SSSR count). The molecule has 0 radical (unpaired) electrons. The van der Waals surface area contributed by atoms with Gasteiger partial charge in [-0.1, -0.05) is 6.92 Å². The van der Waals surface area contributed by atoms with Crippen LogP contribution >= 0.6 is 11.8 Å². The highest BCUT2D eigenvalue weighted by molar-refractivity contribution is 7.99. The van der Waals surface area contributed by atoms with Crippen LogP contribution in [0.4, 0.5) is 0 Å². The van der Waals surface area contributed by atoms with Gasteiger partial charge in [-0.3, -0.25) is 0 Å². The van der Waals surface area contributed by atoms with E-state index in [9.17, 15) is 5.11 Å². The highest BCUT2D eigenvalue weighted by atomic mass is 32.2. The number of aliphatic hydroxyl groups is 1. The van der Waals surface area contributed by atoms with Crippen LogP contribution in [0.1, 0.15) is 20.8 Å². The van der Waals surface area contributed by atoms with Gasteiger partial charge in [-0.2, -0.15) is 11.8 Å². The zero-order valence-corrected chi connectivity index (χ0v) is 6.75. The van der Waals surface area contributed by atoms with Gasteiger partial charge in [0, 0.05) is 5.25 Å². The van der Waals surface area contributed by atoms with Crippen molar-refractivity contribution in [2.75, 3.05) is 6.26 Å². The topological polar surface area (TPSA) is 20.2 Å². The third kappa shape index (κ3) is 2.58. The normalized spacial score (nSPS) is 16.1. The molecule has 0 fully saturated rings. The molecule has 1 N–H and O–H groups in total. The Morgan fingerprint density at radius 1 is 1.50 bits per heavy atom. The van der Waals surface area contributed by atoms with E-state index in [0.29, 0.717) is 5.25 Å². The Labute approximate surface area is 55.5 Å². The van der Waals surface area contributed by atoms with E-state index in [0.717, 1.165) is 0 Å². The van der Waals surface area contributed by atoms with Crippen LogP contribution in [0.15, 0.2) is 0 Å². The molecule has 0 bridgehead atoms. The number of thioether (sulfide) groups is 1. The third-order valence-electron chi connectivity index (χ3n) is 1.35. The smallest absolute Gasteiger partial charge is 0.0707 e. The Morgan fingerprint density at radius 2 is 1.88 bits per heavy atom. The summed E-state index contributed by atoms with van der Waals surface area (Å²) in [5.74, 6) is 0. The van der Waals surface area contributed by atoms with Crippen LogP contribution in [0, 0.1) is 0 Å². The molecule has 0 saturated heterocycles. The van der Waals surface area contributed by atoms with Crippen molar-refractivity contribution in [3.8, 4) is 0 Å². The van der Waals surface area contributed by atoms with Crippen molar-refractivity contribution in [3.05, 3.63) is 0 Å². The third-order valence-corrected chi connectivity index (χ3v) is 2.63. The average molecular weight is 134 g/mol. The van der Waals surface area contributed by atoms with Crippen molar-refractivity contribution in [2.45, 2.75) is 31.6 Å². The lowest BCUT2D eigenvalue weighted by atomic mass is 10.1. The van der Waals surface area contributed by atoms with Gasteiger partial charge in [0.1, 0.15) is 0 Å². The van der Waals surface area contributed by atoms with Gasteiger partial charge >= 0.3 is 0 Å². The minimum Gasteiger partial charge on any atom is -0.389 e. The zero-order chi connectivity index (χ0) is 6.78. The molecular weight excluding hydrogens is 120 g/mol. The molecule has 0 aromatic carbocycles. The van der Waals surface area contributed by atoms with Gasteiger partial charge in [-0.25, -0.2) is 0 Å². The quantitative estimate of drug-likeness (QED) is 0.617. The molecule has 0 amide bonds. The molecule has 1 atom stereocenters. The van der Waals surface area contributed by atoms with E-state index < -0.39 is 5.60 Å². The fourth-order valence-corrected chi connectivity index (χ4v) is 0.865. The Balaban J connectivity index is 3.62. The van der Waals surface area contributed by atoms with E-state index in [4.69, 9.17) is 0 Å². The van der Waals surface area contributed by atoms with E-state index in [1.807, 2.05) is 27.0 Å². The number of rotatable bonds is 2. The molecule has 2 heteroatoms. The van der Waals surface area contributed by atoms with Crippen LogP contribution in [0.5, 0.6) is 0 Å². The molecule has 0 aliphatic carbocycles. The van der Waals surface area contributed by atoms with E-state index in [2.05, 4.69) is 0 Å². The van der Waals surface area contributed by atoms with E-state index in [1.165, 1.54) is 0 Å². The lowest BCUT2D eigenvalue weighted by molar-refractivity contribution is 0.0825. The first-order chi connectivity index (χ1) is 3.48. The molecule has 0 saturated carbocycles. The monoisotopic (exact) mass is 134 g/mol. The summed E-state index contributed by atoms with van der Waals surface area (Å²) in [5, 5.41) is 9.59. The van der Waals surface area contributed by atoms with Gasteiger partial charge in [0.05, 0.1) is 5.60 Å². The van der Waals surface area contributed by atoms with E-state index >= 15 is 0 Å². The molecule has 0 spiro atoms. The fourth-order valence-electron chi connectivity index (χ4n) is 0.288. The van der Waals surface area contributed by atoms with Gasteiger partial charge in [0.2, 0.25) is 0 Å². The van der Waals surface area contributed by atoms with Crippen LogP contribution in [-0.2, 0) is 0 Å². The van der Waals surface area contributed by atoms with Crippen LogP contribution < -0.4 is 0 Å². The van der Waals surface area contributed by atoms with E-state index in [1.54, 1.807) is 11.8 Å². The van der Waals surface area contributed by atoms with Crippen LogP contribution in [0.3, 0.4) is 0 Å². The second kappa shape index (κ2) is 2.74. The maximum Gasteiger partial charge on any atom is 0.0707 e. The van der Waals surface area contributed by atoms with Gasteiger partial charge in [0.15, 0.2) is 0 Å². The molecule has 1 unspecified atom stereocenters. The Bertz CT molecular complexity index is 65.4. The molecule has 0 heterocycles. The molecule has 50 valence electrons. The SMILES string of the molecule is CSC(C)C(C)(C)O. The molecule has 0 aromatic heterocycles. The molecule has 0 aromatic rings. The highest BCUT2D eigenvalue weighted by Crippen LogP contribution is 2.19. The summed E-state index contributed by atoms with van der Waals surface area (Å²) in [6, 6.07) is 0. The second-order valence-electron chi connectivity index (χ2n) is 2.53. The Hall–Kier alpha value is 0.310. The first-order valence-corrected chi connectivity index (χ1v) is 4.02. The van der Waals surface area contributed by atoms with Gasteiger partial charge < -0.3 is 5.11 Å². The summed E-state index contributed by atoms with van der Waals surface area (Å²) in [5.41, 5.74) is -0.528. The minimum absolute atomic E-state index is 0.322.